The van der Waals surface area contributed by atoms with E-state index in [1.807, 2.05) is 18.2 Å². The largest absolute Gasteiger partial charge is 0.397 e. The third-order valence-corrected chi connectivity index (χ3v) is 4.62. The average molecular weight is 340 g/mol. The lowest BCUT2D eigenvalue weighted by Crippen LogP contribution is -2.51. The highest BCUT2D eigenvalue weighted by Crippen LogP contribution is 2.24. The molecule has 24 heavy (non-hydrogen) atoms. The minimum atomic E-state index is -4.49. The Balaban J connectivity index is 1.58. The number of rotatable bonds is 2. The van der Waals surface area contributed by atoms with Crippen molar-refractivity contribution in [3.63, 3.8) is 0 Å². The van der Waals surface area contributed by atoms with Gasteiger partial charge in [-0.2, -0.15) is 13.2 Å². The predicted molar refractivity (Wildman–Crippen MR) is 81.6 cm³/mol. The van der Waals surface area contributed by atoms with Crippen LogP contribution >= 0.6 is 0 Å². The van der Waals surface area contributed by atoms with Gasteiger partial charge in [-0.05, 0) is 42.5 Å². The maximum Gasteiger partial charge on any atom is 0.397 e. The molecule has 0 saturated carbocycles. The zero-order valence-corrected chi connectivity index (χ0v) is 13.2. The molecule has 0 aromatic heterocycles. The fourth-order valence-electron chi connectivity index (χ4n) is 3.33. The van der Waals surface area contributed by atoms with Gasteiger partial charge in [0, 0.05) is 31.7 Å². The number of benzene rings is 1. The molecule has 1 fully saturated rings. The quantitative estimate of drug-likeness (QED) is 0.830. The first-order chi connectivity index (χ1) is 11.3. The molecule has 7 heteroatoms. The molecule has 0 atom stereocenters. The summed E-state index contributed by atoms with van der Waals surface area (Å²) in [7, 11) is 0. The number of fused-ring (bicyclic) bond motifs is 1. The van der Waals surface area contributed by atoms with E-state index >= 15 is 0 Å². The Morgan fingerprint density at radius 2 is 1.58 bits per heavy atom. The third kappa shape index (κ3) is 3.71. The molecule has 130 valence electrons. The van der Waals surface area contributed by atoms with E-state index in [-0.39, 0.29) is 32.1 Å². The van der Waals surface area contributed by atoms with E-state index in [0.29, 0.717) is 5.56 Å². The second-order valence-corrected chi connectivity index (χ2v) is 6.30. The van der Waals surface area contributed by atoms with Crippen molar-refractivity contribution >= 4 is 11.8 Å². The molecular weight excluding hydrogens is 321 g/mol. The molecule has 0 N–H and O–H groups in total. The molecular formula is C17H19F3N2O2. The van der Waals surface area contributed by atoms with Gasteiger partial charge in [0.2, 0.25) is 5.91 Å². The van der Waals surface area contributed by atoms with Crippen molar-refractivity contribution in [2.75, 3.05) is 26.2 Å². The number of halogens is 3. The topological polar surface area (TPSA) is 40.6 Å². The molecule has 0 spiro atoms. The standard InChI is InChI=1S/C17H19F3N2O2/c18-17(19,20)11-15(23)21-6-8-22(9-7-21)16(24)14-5-4-12-2-1-3-13(12)10-14/h4-5,10H,1-3,6-9,11H2. The molecule has 0 radical (unpaired) electrons. The molecule has 4 nitrogen and oxygen atoms in total. The Kier molecular flexibility index (Phi) is 4.51. The molecule has 1 saturated heterocycles. The third-order valence-electron chi connectivity index (χ3n) is 4.62. The molecule has 2 amide bonds. The lowest BCUT2D eigenvalue weighted by Gasteiger charge is -2.35. The summed E-state index contributed by atoms with van der Waals surface area (Å²) in [5, 5.41) is 0. The van der Waals surface area contributed by atoms with Crippen LogP contribution in [0.2, 0.25) is 0 Å². The minimum Gasteiger partial charge on any atom is -0.339 e. The zero-order valence-electron chi connectivity index (χ0n) is 13.2. The van der Waals surface area contributed by atoms with Crippen LogP contribution in [0.4, 0.5) is 13.2 Å². The Bertz CT molecular complexity index is 650. The van der Waals surface area contributed by atoms with Gasteiger partial charge in [-0.3, -0.25) is 9.59 Å². The van der Waals surface area contributed by atoms with Gasteiger partial charge >= 0.3 is 6.18 Å². The summed E-state index contributed by atoms with van der Waals surface area (Å²) in [4.78, 5) is 26.9. The van der Waals surface area contributed by atoms with Crippen molar-refractivity contribution in [3.8, 4) is 0 Å². The maximum absolute atomic E-state index is 12.5. The summed E-state index contributed by atoms with van der Waals surface area (Å²) >= 11 is 0. The Morgan fingerprint density at radius 3 is 2.25 bits per heavy atom. The summed E-state index contributed by atoms with van der Waals surface area (Å²) < 4.78 is 36.9. The molecule has 1 aromatic carbocycles. The van der Waals surface area contributed by atoms with Gasteiger partial charge in [-0.25, -0.2) is 0 Å². The smallest absolute Gasteiger partial charge is 0.339 e. The van der Waals surface area contributed by atoms with Crippen molar-refractivity contribution in [3.05, 3.63) is 34.9 Å². The molecule has 2 aliphatic rings. The fraction of sp³-hybridized carbons (Fsp3) is 0.529. The number of nitrogens with zero attached hydrogens (tertiary/aromatic N) is 2. The molecule has 3 rings (SSSR count). The van der Waals surface area contributed by atoms with Crippen LogP contribution in [-0.4, -0.2) is 54.0 Å². The van der Waals surface area contributed by atoms with E-state index in [1.165, 1.54) is 16.0 Å². The summed E-state index contributed by atoms with van der Waals surface area (Å²) in [6.45, 7) is 0.816. The average Bonchev–Trinajstić information content (AvgIpc) is 3.00. The number of carbonyl (C=O) groups excluding carboxylic acids is 2. The molecule has 1 heterocycles. The van der Waals surface area contributed by atoms with Crippen molar-refractivity contribution in [2.24, 2.45) is 0 Å². The number of amides is 2. The van der Waals surface area contributed by atoms with Gasteiger partial charge in [0.25, 0.3) is 5.91 Å². The van der Waals surface area contributed by atoms with Crippen LogP contribution in [-0.2, 0) is 17.6 Å². The van der Waals surface area contributed by atoms with Crippen molar-refractivity contribution in [1.82, 2.24) is 9.80 Å². The van der Waals surface area contributed by atoms with E-state index in [2.05, 4.69) is 0 Å². The maximum atomic E-state index is 12.5. The van der Waals surface area contributed by atoms with Crippen molar-refractivity contribution < 1.29 is 22.8 Å². The van der Waals surface area contributed by atoms with Gasteiger partial charge in [-0.15, -0.1) is 0 Å². The van der Waals surface area contributed by atoms with E-state index < -0.39 is 18.5 Å². The number of alkyl halides is 3. The normalized spacial score (nSPS) is 17.8. The van der Waals surface area contributed by atoms with Crippen LogP contribution in [0.1, 0.15) is 34.3 Å². The van der Waals surface area contributed by atoms with Gasteiger partial charge in [0.15, 0.2) is 0 Å². The lowest BCUT2D eigenvalue weighted by atomic mass is 10.1. The van der Waals surface area contributed by atoms with Crippen molar-refractivity contribution in [2.45, 2.75) is 31.9 Å². The fourth-order valence-corrected chi connectivity index (χ4v) is 3.33. The van der Waals surface area contributed by atoms with E-state index in [9.17, 15) is 22.8 Å². The Hall–Kier alpha value is -2.05. The van der Waals surface area contributed by atoms with Crippen LogP contribution in [0.15, 0.2) is 18.2 Å². The number of aryl methyl sites for hydroxylation is 2. The zero-order chi connectivity index (χ0) is 17.3. The highest BCUT2D eigenvalue weighted by atomic mass is 19.4. The van der Waals surface area contributed by atoms with Crippen molar-refractivity contribution in [1.29, 1.82) is 0 Å². The van der Waals surface area contributed by atoms with Crippen LogP contribution in [0.3, 0.4) is 0 Å². The van der Waals surface area contributed by atoms with Crippen LogP contribution < -0.4 is 0 Å². The first-order valence-electron chi connectivity index (χ1n) is 8.09. The van der Waals surface area contributed by atoms with E-state index in [0.717, 1.165) is 19.3 Å². The summed E-state index contributed by atoms with van der Waals surface area (Å²) in [5.41, 5.74) is 3.11. The summed E-state index contributed by atoms with van der Waals surface area (Å²) in [6.07, 6.45) is -2.80. The number of piperazine rings is 1. The molecule has 0 bridgehead atoms. The lowest BCUT2D eigenvalue weighted by molar-refractivity contribution is -0.162. The highest BCUT2D eigenvalue weighted by Gasteiger charge is 2.35. The Morgan fingerprint density at radius 1 is 0.958 bits per heavy atom. The van der Waals surface area contributed by atoms with E-state index in [4.69, 9.17) is 0 Å². The second kappa shape index (κ2) is 6.45. The van der Waals surface area contributed by atoms with Gasteiger partial charge in [0.1, 0.15) is 6.42 Å². The van der Waals surface area contributed by atoms with E-state index in [1.54, 1.807) is 4.90 Å². The van der Waals surface area contributed by atoms with Gasteiger partial charge in [-0.1, -0.05) is 6.07 Å². The monoisotopic (exact) mass is 340 g/mol. The minimum absolute atomic E-state index is 0.118. The van der Waals surface area contributed by atoms with Crippen LogP contribution in [0.25, 0.3) is 0 Å². The van der Waals surface area contributed by atoms with Gasteiger partial charge in [0.05, 0.1) is 0 Å². The Labute approximate surface area is 138 Å². The summed E-state index contributed by atoms with van der Waals surface area (Å²) in [6, 6.07) is 5.72. The molecule has 1 aromatic rings. The van der Waals surface area contributed by atoms with Crippen LogP contribution in [0.5, 0.6) is 0 Å². The molecule has 0 unspecified atom stereocenters. The number of hydrogen-bond donors (Lipinski definition) is 0. The SMILES string of the molecule is O=C(CC(F)(F)F)N1CCN(C(=O)c2ccc3c(c2)CCC3)CC1. The predicted octanol–water partition coefficient (Wildman–Crippen LogP) is 2.41. The summed E-state index contributed by atoms with van der Waals surface area (Å²) in [5.74, 6) is -1.04. The first kappa shape index (κ1) is 16.8. The first-order valence-corrected chi connectivity index (χ1v) is 8.09. The van der Waals surface area contributed by atoms with Crippen LogP contribution in [0, 0.1) is 0 Å². The second-order valence-electron chi connectivity index (χ2n) is 6.30. The van der Waals surface area contributed by atoms with Gasteiger partial charge < -0.3 is 9.80 Å². The number of hydrogen-bond acceptors (Lipinski definition) is 2. The highest BCUT2D eigenvalue weighted by molar-refractivity contribution is 5.94. The number of carbonyl (C=O) groups is 2. The molecule has 1 aliphatic carbocycles. The molecule has 1 aliphatic heterocycles.